The van der Waals surface area contributed by atoms with Crippen molar-refractivity contribution in [3.05, 3.63) is 18.2 Å². The van der Waals surface area contributed by atoms with Crippen molar-refractivity contribution >= 4 is 5.69 Å². The summed E-state index contributed by atoms with van der Waals surface area (Å²) in [5.74, 6) is 1.74. The second-order valence-corrected chi connectivity index (χ2v) is 6.03. The summed E-state index contributed by atoms with van der Waals surface area (Å²) in [6.07, 6.45) is 0. The minimum atomic E-state index is 0.0400. The summed E-state index contributed by atoms with van der Waals surface area (Å²) >= 11 is 0. The van der Waals surface area contributed by atoms with Crippen molar-refractivity contribution in [3.8, 4) is 11.5 Å². The van der Waals surface area contributed by atoms with Crippen LogP contribution >= 0.6 is 0 Å². The Labute approximate surface area is 122 Å². The van der Waals surface area contributed by atoms with E-state index in [1.165, 1.54) is 0 Å². The molecule has 1 aromatic carbocycles. The predicted octanol–water partition coefficient (Wildman–Crippen LogP) is 2.53. The maximum absolute atomic E-state index is 6.07. The Morgan fingerprint density at radius 3 is 2.70 bits per heavy atom. The lowest BCUT2D eigenvalue weighted by Gasteiger charge is -2.26. The van der Waals surface area contributed by atoms with E-state index in [4.69, 9.17) is 9.47 Å². The van der Waals surface area contributed by atoms with E-state index in [9.17, 15) is 0 Å². The van der Waals surface area contributed by atoms with E-state index < -0.39 is 0 Å². The molecule has 0 amide bonds. The molecule has 0 saturated carbocycles. The van der Waals surface area contributed by atoms with Crippen molar-refractivity contribution in [1.29, 1.82) is 0 Å². The molecule has 112 valence electrons. The number of fused-ring (bicyclic) bond motifs is 1. The maximum atomic E-state index is 6.07. The largest absolute Gasteiger partial charge is 0.489 e. The molecule has 1 heterocycles. The number of nitrogens with one attached hydrogen (secondary N) is 1. The summed E-state index contributed by atoms with van der Waals surface area (Å²) in [6, 6.07) is 6.14. The van der Waals surface area contributed by atoms with Crippen LogP contribution in [0.1, 0.15) is 20.8 Å². The van der Waals surface area contributed by atoms with Gasteiger partial charge in [0.2, 0.25) is 0 Å². The van der Waals surface area contributed by atoms with Gasteiger partial charge in [-0.3, -0.25) is 0 Å². The van der Waals surface area contributed by atoms with E-state index in [0.717, 1.165) is 36.8 Å². The van der Waals surface area contributed by atoms with Crippen molar-refractivity contribution in [2.75, 3.05) is 44.8 Å². The molecular weight excluding hydrogens is 252 g/mol. The van der Waals surface area contributed by atoms with Gasteiger partial charge in [0.15, 0.2) is 11.5 Å². The lowest BCUT2D eigenvalue weighted by atomic mass is 9.97. The number of hydrogen-bond donors (Lipinski definition) is 1. The molecule has 0 aromatic heterocycles. The molecule has 4 nitrogen and oxygen atoms in total. The van der Waals surface area contributed by atoms with Crippen LogP contribution in [0.2, 0.25) is 0 Å². The van der Waals surface area contributed by atoms with E-state index in [1.54, 1.807) is 0 Å². The number of hydrogen-bond acceptors (Lipinski definition) is 4. The molecule has 20 heavy (non-hydrogen) atoms. The lowest BCUT2D eigenvalue weighted by molar-refractivity contribution is 0.140. The Bertz CT molecular complexity index is 446. The quantitative estimate of drug-likeness (QED) is 0.897. The third kappa shape index (κ3) is 3.37. The highest BCUT2D eigenvalue weighted by atomic mass is 16.5. The Morgan fingerprint density at radius 2 is 2.00 bits per heavy atom. The number of ether oxygens (including phenoxy) is 2. The summed E-state index contributed by atoms with van der Waals surface area (Å²) in [5, 5.41) is 3.19. The third-order valence-electron chi connectivity index (χ3n) is 3.54. The van der Waals surface area contributed by atoms with Crippen molar-refractivity contribution in [1.82, 2.24) is 5.32 Å². The van der Waals surface area contributed by atoms with E-state index in [0.29, 0.717) is 13.2 Å². The van der Waals surface area contributed by atoms with Gasteiger partial charge in [0.05, 0.1) is 18.9 Å². The summed E-state index contributed by atoms with van der Waals surface area (Å²) < 4.78 is 12.0. The van der Waals surface area contributed by atoms with E-state index in [2.05, 4.69) is 37.1 Å². The zero-order valence-electron chi connectivity index (χ0n) is 13.0. The SMILES string of the molecule is CCN(CCNC)c1cccc2c1OCC(C)(C)CO2. The van der Waals surface area contributed by atoms with Crippen LogP contribution in [0.25, 0.3) is 0 Å². The van der Waals surface area contributed by atoms with E-state index in [-0.39, 0.29) is 5.41 Å². The van der Waals surface area contributed by atoms with E-state index in [1.807, 2.05) is 19.2 Å². The van der Waals surface area contributed by atoms with Crippen LogP contribution < -0.4 is 19.7 Å². The first-order valence-electron chi connectivity index (χ1n) is 7.35. The Hall–Kier alpha value is -1.42. The lowest BCUT2D eigenvalue weighted by Crippen LogP contribution is -2.31. The van der Waals surface area contributed by atoms with Gasteiger partial charge in [-0.25, -0.2) is 0 Å². The Balaban J connectivity index is 2.27. The smallest absolute Gasteiger partial charge is 0.184 e. The van der Waals surface area contributed by atoms with Gasteiger partial charge in [-0.1, -0.05) is 19.9 Å². The molecule has 0 radical (unpaired) electrons. The topological polar surface area (TPSA) is 33.7 Å². The number of anilines is 1. The molecule has 4 heteroatoms. The monoisotopic (exact) mass is 278 g/mol. The van der Waals surface area contributed by atoms with Gasteiger partial charge in [0, 0.05) is 25.0 Å². The first kappa shape index (κ1) is 15.0. The average Bonchev–Trinajstić information content (AvgIpc) is 2.59. The van der Waals surface area contributed by atoms with Crippen LogP contribution in [0.15, 0.2) is 18.2 Å². The number of para-hydroxylation sites is 1. The minimum Gasteiger partial charge on any atom is -0.489 e. The molecule has 0 fully saturated rings. The van der Waals surface area contributed by atoms with Crippen LogP contribution in [-0.4, -0.2) is 39.9 Å². The van der Waals surface area contributed by atoms with Crippen molar-refractivity contribution in [3.63, 3.8) is 0 Å². The minimum absolute atomic E-state index is 0.0400. The molecule has 1 N–H and O–H groups in total. The fraction of sp³-hybridized carbons (Fsp3) is 0.625. The van der Waals surface area contributed by atoms with Crippen molar-refractivity contribution in [2.45, 2.75) is 20.8 Å². The first-order chi connectivity index (χ1) is 9.57. The Morgan fingerprint density at radius 1 is 1.25 bits per heavy atom. The van der Waals surface area contributed by atoms with Gasteiger partial charge in [-0.05, 0) is 26.1 Å². The fourth-order valence-corrected chi connectivity index (χ4v) is 2.29. The molecule has 0 aliphatic carbocycles. The average molecular weight is 278 g/mol. The first-order valence-corrected chi connectivity index (χ1v) is 7.35. The van der Waals surface area contributed by atoms with Gasteiger partial charge >= 0.3 is 0 Å². The van der Waals surface area contributed by atoms with Crippen LogP contribution in [0, 0.1) is 5.41 Å². The fourth-order valence-electron chi connectivity index (χ4n) is 2.29. The highest BCUT2D eigenvalue weighted by Gasteiger charge is 2.27. The summed E-state index contributed by atoms with van der Waals surface area (Å²) in [5.41, 5.74) is 1.16. The van der Waals surface area contributed by atoms with Crippen LogP contribution in [0.3, 0.4) is 0 Å². The zero-order chi connectivity index (χ0) is 14.6. The molecule has 2 rings (SSSR count). The number of rotatable bonds is 5. The molecule has 1 aromatic rings. The van der Waals surface area contributed by atoms with Crippen LogP contribution in [0.5, 0.6) is 11.5 Å². The number of benzene rings is 1. The third-order valence-corrected chi connectivity index (χ3v) is 3.54. The van der Waals surface area contributed by atoms with Crippen molar-refractivity contribution in [2.24, 2.45) is 5.41 Å². The molecule has 0 bridgehead atoms. The highest BCUT2D eigenvalue weighted by molar-refractivity contribution is 5.65. The molecule has 0 spiro atoms. The number of likely N-dealkylation sites (N-methyl/N-ethyl adjacent to an activating group) is 2. The zero-order valence-corrected chi connectivity index (χ0v) is 13.0. The maximum Gasteiger partial charge on any atom is 0.184 e. The molecule has 0 unspecified atom stereocenters. The van der Waals surface area contributed by atoms with Gasteiger partial charge in [0.25, 0.3) is 0 Å². The van der Waals surface area contributed by atoms with Gasteiger partial charge in [0.1, 0.15) is 0 Å². The summed E-state index contributed by atoms with van der Waals surface area (Å²) in [6.45, 7) is 10.7. The molecule has 1 aliphatic heterocycles. The summed E-state index contributed by atoms with van der Waals surface area (Å²) in [7, 11) is 1.97. The highest BCUT2D eigenvalue weighted by Crippen LogP contribution is 2.41. The second kappa shape index (κ2) is 6.35. The molecule has 0 saturated heterocycles. The van der Waals surface area contributed by atoms with Crippen molar-refractivity contribution < 1.29 is 9.47 Å². The van der Waals surface area contributed by atoms with Crippen LogP contribution in [-0.2, 0) is 0 Å². The predicted molar refractivity (Wildman–Crippen MR) is 83.0 cm³/mol. The van der Waals surface area contributed by atoms with Gasteiger partial charge in [-0.2, -0.15) is 0 Å². The number of nitrogens with zero attached hydrogens (tertiary/aromatic N) is 1. The summed E-state index contributed by atoms with van der Waals surface area (Å²) in [4.78, 5) is 2.32. The second-order valence-electron chi connectivity index (χ2n) is 6.03. The molecule has 1 aliphatic rings. The Kier molecular flexibility index (Phi) is 4.76. The standard InChI is InChI=1S/C16H26N2O2/c1-5-18(10-9-17-4)13-7-6-8-14-15(13)20-12-16(2,3)11-19-14/h6-8,17H,5,9-12H2,1-4H3. The normalized spacial score (nSPS) is 16.6. The van der Waals surface area contributed by atoms with E-state index >= 15 is 0 Å². The van der Waals surface area contributed by atoms with Gasteiger partial charge < -0.3 is 19.7 Å². The molecule has 0 atom stereocenters. The van der Waals surface area contributed by atoms with Gasteiger partial charge in [-0.15, -0.1) is 0 Å². The van der Waals surface area contributed by atoms with Crippen LogP contribution in [0.4, 0.5) is 5.69 Å². The molecular formula is C16H26N2O2.